The number of carbonyl (C=O) groups excluding carboxylic acids is 2. The Hall–Kier alpha value is -1.55. The van der Waals surface area contributed by atoms with Gasteiger partial charge in [-0.15, -0.1) is 5.10 Å². The Balaban J connectivity index is 1.91. The molecule has 0 N–H and O–H groups in total. The van der Waals surface area contributed by atoms with Gasteiger partial charge in [-0.05, 0) is 17.4 Å². The highest BCUT2D eigenvalue weighted by Gasteiger charge is 2.27. The fourth-order valence-electron chi connectivity index (χ4n) is 1.63. The smallest absolute Gasteiger partial charge is 0.333 e. The van der Waals surface area contributed by atoms with Crippen LogP contribution in [-0.2, 0) is 21.4 Å². The summed E-state index contributed by atoms with van der Waals surface area (Å²) < 4.78 is 6.43. The first-order chi connectivity index (χ1) is 10.1. The topological polar surface area (TPSA) is 90.2 Å². The molecule has 21 heavy (non-hydrogen) atoms. The van der Waals surface area contributed by atoms with Crippen LogP contribution in [0.1, 0.15) is 6.92 Å². The lowest BCUT2D eigenvalue weighted by atomic mass is 10.5. The lowest BCUT2D eigenvalue weighted by Gasteiger charge is -2.16. The molecule has 1 aromatic heterocycles. The maximum absolute atomic E-state index is 11.8. The quantitative estimate of drug-likeness (QED) is 0.418. The van der Waals surface area contributed by atoms with Crippen LogP contribution in [0.25, 0.3) is 0 Å². The van der Waals surface area contributed by atoms with E-state index in [4.69, 9.17) is 4.74 Å². The zero-order valence-electron chi connectivity index (χ0n) is 11.7. The van der Waals surface area contributed by atoms with E-state index in [2.05, 4.69) is 15.5 Å². The van der Waals surface area contributed by atoms with Crippen molar-refractivity contribution < 1.29 is 14.3 Å². The number of rotatable bonds is 6. The van der Waals surface area contributed by atoms with Crippen molar-refractivity contribution in [3.63, 3.8) is 0 Å². The molecule has 0 aromatic carbocycles. The Labute approximate surface area is 130 Å². The van der Waals surface area contributed by atoms with Gasteiger partial charge in [-0.25, -0.2) is 9.48 Å². The first-order valence-corrected chi connectivity index (χ1v) is 8.25. The first-order valence-electron chi connectivity index (χ1n) is 6.28. The van der Waals surface area contributed by atoms with E-state index in [0.29, 0.717) is 34.8 Å². The average molecular weight is 329 g/mol. The van der Waals surface area contributed by atoms with Crippen LogP contribution in [0.5, 0.6) is 0 Å². The average Bonchev–Trinajstić information content (AvgIpc) is 2.99. The Kier molecular flexibility index (Phi) is 5.62. The van der Waals surface area contributed by atoms with Gasteiger partial charge in [-0.2, -0.15) is 0 Å². The fraction of sp³-hybridized carbons (Fsp3) is 0.545. The van der Waals surface area contributed by atoms with Gasteiger partial charge >= 0.3 is 5.97 Å². The van der Waals surface area contributed by atoms with E-state index in [-0.39, 0.29) is 5.91 Å². The Morgan fingerprint density at radius 1 is 1.57 bits per heavy atom. The van der Waals surface area contributed by atoms with Gasteiger partial charge in [0.25, 0.3) is 0 Å². The number of ether oxygens (including phenoxy) is 1. The molecule has 0 atom stereocenters. The number of amides is 1. The van der Waals surface area contributed by atoms with Crippen LogP contribution in [0.4, 0.5) is 0 Å². The largest absolute Gasteiger partial charge is 0.463 e. The second-order valence-electron chi connectivity index (χ2n) is 4.00. The van der Waals surface area contributed by atoms with Crippen molar-refractivity contribution in [3.05, 3.63) is 11.1 Å². The molecule has 114 valence electrons. The molecule has 0 spiro atoms. The second-order valence-corrected chi connectivity index (χ2v) is 6.06. The van der Waals surface area contributed by atoms with Crippen LogP contribution in [0.15, 0.2) is 16.3 Å². The van der Waals surface area contributed by atoms with Crippen molar-refractivity contribution in [2.45, 2.75) is 12.1 Å². The summed E-state index contributed by atoms with van der Waals surface area (Å²) in [7, 11) is 1.76. The van der Waals surface area contributed by atoms with Crippen LogP contribution < -0.4 is 0 Å². The van der Waals surface area contributed by atoms with Crippen LogP contribution in [0.3, 0.4) is 0 Å². The van der Waals surface area contributed by atoms with Gasteiger partial charge in [-0.3, -0.25) is 4.79 Å². The Bertz CT molecular complexity index is 560. The molecule has 2 rings (SSSR count). The Morgan fingerprint density at radius 2 is 2.38 bits per heavy atom. The molecule has 0 radical (unpaired) electrons. The zero-order chi connectivity index (χ0) is 15.2. The molecule has 1 amide bonds. The fourth-order valence-corrected chi connectivity index (χ4v) is 3.36. The maximum atomic E-state index is 11.8. The number of esters is 1. The summed E-state index contributed by atoms with van der Waals surface area (Å²) in [6.07, 6.45) is 1.37. The maximum Gasteiger partial charge on any atom is 0.333 e. The molecule has 0 bridgehead atoms. The lowest BCUT2D eigenvalue weighted by molar-refractivity contribution is -0.137. The highest BCUT2D eigenvalue weighted by molar-refractivity contribution is 8.04. The summed E-state index contributed by atoms with van der Waals surface area (Å²) >= 11 is 2.80. The number of nitrogens with zero attached hydrogens (tertiary/aromatic N) is 5. The molecule has 1 saturated heterocycles. The second kappa shape index (κ2) is 7.46. The SMILES string of the molecule is CCOC(=O)/C=C1\SCC(=O)N1CCSc1nnnn1C. The van der Waals surface area contributed by atoms with Crippen LogP contribution in [0.2, 0.25) is 0 Å². The number of hydrogen-bond acceptors (Lipinski definition) is 8. The van der Waals surface area contributed by atoms with Crippen molar-refractivity contribution in [2.75, 3.05) is 24.7 Å². The van der Waals surface area contributed by atoms with Gasteiger partial charge in [0, 0.05) is 19.3 Å². The summed E-state index contributed by atoms with van der Waals surface area (Å²) in [5, 5.41) is 12.5. The molecule has 10 heteroatoms. The molecule has 1 fully saturated rings. The van der Waals surface area contributed by atoms with Gasteiger partial charge in [0.15, 0.2) is 0 Å². The minimum Gasteiger partial charge on any atom is -0.463 e. The third-order valence-corrected chi connectivity index (χ3v) is 4.58. The third kappa shape index (κ3) is 4.21. The van der Waals surface area contributed by atoms with Crippen LogP contribution in [0, 0.1) is 0 Å². The lowest BCUT2D eigenvalue weighted by Crippen LogP contribution is -2.27. The molecule has 1 aliphatic heterocycles. The van der Waals surface area contributed by atoms with E-state index in [9.17, 15) is 9.59 Å². The van der Waals surface area contributed by atoms with Crippen molar-refractivity contribution in [2.24, 2.45) is 7.05 Å². The molecule has 8 nitrogen and oxygen atoms in total. The number of hydrogen-bond donors (Lipinski definition) is 0. The van der Waals surface area contributed by atoms with E-state index in [1.165, 1.54) is 29.6 Å². The number of carbonyl (C=O) groups is 2. The zero-order valence-corrected chi connectivity index (χ0v) is 13.3. The minimum atomic E-state index is -0.426. The summed E-state index contributed by atoms with van der Waals surface area (Å²) in [5.41, 5.74) is 0. The summed E-state index contributed by atoms with van der Waals surface area (Å²) in [6.45, 7) is 2.55. The summed E-state index contributed by atoms with van der Waals surface area (Å²) in [6, 6.07) is 0. The molecular weight excluding hydrogens is 314 g/mol. The third-order valence-electron chi connectivity index (χ3n) is 2.57. The van der Waals surface area contributed by atoms with Gasteiger partial charge in [0.05, 0.1) is 23.5 Å². The van der Waals surface area contributed by atoms with Crippen molar-refractivity contribution in [1.82, 2.24) is 25.1 Å². The summed E-state index contributed by atoms with van der Waals surface area (Å²) in [5.74, 6) is 0.555. The van der Waals surface area contributed by atoms with Gasteiger partial charge in [0.1, 0.15) is 0 Å². The number of aromatic nitrogens is 4. The predicted octanol–water partition coefficient (Wildman–Crippen LogP) is 0.282. The standard InChI is InChI=1S/C11H15N5O3S2/c1-3-19-10(18)6-9-16(8(17)7-21-9)4-5-20-11-12-13-14-15(11)2/h6H,3-5,7H2,1-2H3/b9-6-. The van der Waals surface area contributed by atoms with E-state index in [1.54, 1.807) is 23.6 Å². The number of tetrazole rings is 1. The van der Waals surface area contributed by atoms with Crippen LogP contribution in [-0.4, -0.2) is 61.6 Å². The monoisotopic (exact) mass is 329 g/mol. The Morgan fingerprint density at radius 3 is 3.05 bits per heavy atom. The highest BCUT2D eigenvalue weighted by atomic mass is 32.2. The number of thioether (sulfide) groups is 2. The molecule has 1 aliphatic rings. The molecule has 2 heterocycles. The molecule has 1 aromatic rings. The van der Waals surface area contributed by atoms with E-state index < -0.39 is 5.97 Å². The van der Waals surface area contributed by atoms with Gasteiger partial charge < -0.3 is 9.64 Å². The highest BCUT2D eigenvalue weighted by Crippen LogP contribution is 2.29. The van der Waals surface area contributed by atoms with Gasteiger partial charge in [-0.1, -0.05) is 23.5 Å². The minimum absolute atomic E-state index is 0.00719. The van der Waals surface area contributed by atoms with Gasteiger partial charge in [0.2, 0.25) is 11.1 Å². The normalized spacial score (nSPS) is 16.8. The van der Waals surface area contributed by atoms with Crippen molar-refractivity contribution in [3.8, 4) is 0 Å². The predicted molar refractivity (Wildman–Crippen MR) is 78.4 cm³/mol. The summed E-state index contributed by atoms with van der Waals surface area (Å²) in [4.78, 5) is 24.9. The van der Waals surface area contributed by atoms with E-state index in [1.807, 2.05) is 0 Å². The number of aryl methyl sites for hydroxylation is 1. The molecular formula is C11H15N5O3S2. The van der Waals surface area contributed by atoms with E-state index >= 15 is 0 Å². The molecule has 0 aliphatic carbocycles. The van der Waals surface area contributed by atoms with E-state index in [0.717, 1.165) is 0 Å². The van der Waals surface area contributed by atoms with Crippen molar-refractivity contribution >= 4 is 35.4 Å². The molecule has 0 saturated carbocycles. The molecule has 0 unspecified atom stereocenters. The van der Waals surface area contributed by atoms with Crippen molar-refractivity contribution in [1.29, 1.82) is 0 Å². The first kappa shape index (κ1) is 15.8. The van der Waals surface area contributed by atoms with Crippen LogP contribution >= 0.6 is 23.5 Å².